The molecule has 0 unspecified atom stereocenters. The monoisotopic (exact) mass is 343 g/mol. The average Bonchev–Trinajstić information content (AvgIpc) is 2.95. The van der Waals surface area contributed by atoms with Crippen molar-refractivity contribution in [2.45, 2.75) is 69.2 Å². The largest absolute Gasteiger partial charge is 0.508 e. The topological polar surface area (TPSA) is 58.6 Å². The molecular formula is C21H29NO3. The molecule has 0 atom stereocenters. The average molecular weight is 343 g/mol. The summed E-state index contributed by atoms with van der Waals surface area (Å²) in [6.07, 6.45) is 9.32. The number of hydrogen-bond acceptors (Lipinski definition) is 3. The standard InChI is InChI=1S/C21H29NO3/c23-18-4-2-16(3-5-18)20-8-1-9-21(12-10-20,13-11-20)19(24)22-17-6-14-25-15-7-17/h2-5,17,23H,1,6-15H2,(H,22,24). The molecule has 1 aliphatic heterocycles. The lowest BCUT2D eigenvalue weighted by atomic mass is 9.62. The van der Waals surface area contributed by atoms with Gasteiger partial charge in [0.1, 0.15) is 5.75 Å². The molecule has 0 spiro atoms. The summed E-state index contributed by atoms with van der Waals surface area (Å²) in [5.74, 6) is 0.621. The molecule has 3 aliphatic carbocycles. The van der Waals surface area contributed by atoms with Crippen LogP contribution in [0.5, 0.6) is 5.75 Å². The van der Waals surface area contributed by atoms with Gasteiger partial charge in [-0.3, -0.25) is 4.79 Å². The van der Waals surface area contributed by atoms with Crippen molar-refractivity contribution in [1.82, 2.24) is 5.32 Å². The van der Waals surface area contributed by atoms with Gasteiger partial charge in [0.15, 0.2) is 0 Å². The number of phenolic OH excluding ortho intramolecular Hbond substituents is 1. The van der Waals surface area contributed by atoms with E-state index in [2.05, 4.69) is 17.4 Å². The Labute approximate surface area is 150 Å². The molecule has 0 radical (unpaired) electrons. The zero-order valence-corrected chi connectivity index (χ0v) is 14.9. The molecule has 3 saturated carbocycles. The first kappa shape index (κ1) is 16.9. The van der Waals surface area contributed by atoms with E-state index in [0.717, 1.165) is 71.0 Å². The molecule has 5 rings (SSSR count). The van der Waals surface area contributed by atoms with Crippen LogP contribution in [0.3, 0.4) is 0 Å². The van der Waals surface area contributed by atoms with Gasteiger partial charge in [-0.2, -0.15) is 0 Å². The molecule has 0 aromatic heterocycles. The Morgan fingerprint density at radius 3 is 2.36 bits per heavy atom. The number of ether oxygens (including phenoxy) is 1. The lowest BCUT2D eigenvalue weighted by molar-refractivity contribution is -0.134. The third-order valence-electron chi connectivity index (χ3n) is 6.99. The van der Waals surface area contributed by atoms with Crippen LogP contribution in [0.4, 0.5) is 0 Å². The number of aromatic hydroxyl groups is 1. The Bertz CT molecular complexity index is 611. The lowest BCUT2D eigenvalue weighted by Crippen LogP contribution is -2.49. The highest BCUT2D eigenvalue weighted by molar-refractivity contribution is 5.83. The molecule has 4 aliphatic rings. The molecule has 1 aromatic carbocycles. The van der Waals surface area contributed by atoms with Crippen LogP contribution in [-0.2, 0) is 14.9 Å². The summed E-state index contributed by atoms with van der Waals surface area (Å²) in [6, 6.07) is 8.05. The number of carbonyl (C=O) groups is 1. The maximum atomic E-state index is 13.1. The summed E-state index contributed by atoms with van der Waals surface area (Å²) in [6.45, 7) is 1.53. The number of carbonyl (C=O) groups excluding carboxylic acids is 1. The van der Waals surface area contributed by atoms with E-state index >= 15 is 0 Å². The van der Waals surface area contributed by atoms with Crippen LogP contribution in [0.2, 0.25) is 0 Å². The van der Waals surface area contributed by atoms with Gasteiger partial charge in [-0.25, -0.2) is 0 Å². The highest BCUT2D eigenvalue weighted by Gasteiger charge is 2.50. The molecule has 1 saturated heterocycles. The van der Waals surface area contributed by atoms with E-state index < -0.39 is 0 Å². The second-order valence-corrected chi connectivity index (χ2v) is 8.32. The van der Waals surface area contributed by atoms with Gasteiger partial charge in [0, 0.05) is 24.7 Å². The number of rotatable bonds is 3. The quantitative estimate of drug-likeness (QED) is 0.880. The molecule has 1 aromatic rings. The fourth-order valence-corrected chi connectivity index (χ4v) is 5.24. The van der Waals surface area contributed by atoms with Gasteiger partial charge in [-0.1, -0.05) is 18.6 Å². The van der Waals surface area contributed by atoms with E-state index in [9.17, 15) is 9.90 Å². The van der Waals surface area contributed by atoms with Crippen LogP contribution in [0.25, 0.3) is 0 Å². The SMILES string of the molecule is O=C(NC1CCOCC1)C12CCCC(c3ccc(O)cc3)(CC1)CC2. The van der Waals surface area contributed by atoms with E-state index in [1.54, 1.807) is 12.1 Å². The summed E-state index contributed by atoms with van der Waals surface area (Å²) in [5.41, 5.74) is 1.38. The Morgan fingerprint density at radius 2 is 1.68 bits per heavy atom. The van der Waals surface area contributed by atoms with Crippen molar-refractivity contribution < 1.29 is 14.6 Å². The van der Waals surface area contributed by atoms with E-state index in [1.807, 2.05) is 0 Å². The van der Waals surface area contributed by atoms with E-state index in [4.69, 9.17) is 4.74 Å². The van der Waals surface area contributed by atoms with Gasteiger partial charge >= 0.3 is 0 Å². The molecular weight excluding hydrogens is 314 g/mol. The minimum atomic E-state index is -0.158. The number of phenols is 1. The maximum absolute atomic E-state index is 13.1. The second kappa shape index (κ2) is 6.64. The first-order valence-electron chi connectivity index (χ1n) is 9.80. The first-order valence-corrected chi connectivity index (χ1v) is 9.80. The van der Waals surface area contributed by atoms with Gasteiger partial charge in [0.25, 0.3) is 0 Å². The molecule has 25 heavy (non-hydrogen) atoms. The van der Waals surface area contributed by atoms with Gasteiger partial charge in [0.05, 0.1) is 0 Å². The molecule has 2 N–H and O–H groups in total. The van der Waals surface area contributed by atoms with Crippen molar-refractivity contribution in [3.05, 3.63) is 29.8 Å². The molecule has 4 fully saturated rings. The molecule has 1 heterocycles. The van der Waals surface area contributed by atoms with Crippen LogP contribution in [0, 0.1) is 5.41 Å². The zero-order chi connectivity index (χ0) is 17.3. The predicted molar refractivity (Wildman–Crippen MR) is 96.5 cm³/mol. The summed E-state index contributed by atoms with van der Waals surface area (Å²) < 4.78 is 5.41. The van der Waals surface area contributed by atoms with Gasteiger partial charge < -0.3 is 15.2 Å². The van der Waals surface area contributed by atoms with E-state index in [-0.39, 0.29) is 10.8 Å². The van der Waals surface area contributed by atoms with Gasteiger partial charge in [0.2, 0.25) is 5.91 Å². The van der Waals surface area contributed by atoms with Crippen molar-refractivity contribution in [2.75, 3.05) is 13.2 Å². The van der Waals surface area contributed by atoms with Crippen LogP contribution in [-0.4, -0.2) is 30.3 Å². The lowest BCUT2D eigenvalue weighted by Gasteiger charge is -2.43. The van der Waals surface area contributed by atoms with Gasteiger partial charge in [-0.15, -0.1) is 0 Å². The van der Waals surface area contributed by atoms with Crippen molar-refractivity contribution >= 4 is 5.91 Å². The Hall–Kier alpha value is -1.55. The van der Waals surface area contributed by atoms with Crippen LogP contribution in [0.15, 0.2) is 24.3 Å². The zero-order valence-electron chi connectivity index (χ0n) is 14.9. The summed E-state index contributed by atoms with van der Waals surface area (Å²) in [5, 5.41) is 12.9. The highest BCUT2D eigenvalue weighted by atomic mass is 16.5. The minimum Gasteiger partial charge on any atom is -0.508 e. The number of nitrogens with one attached hydrogen (secondary N) is 1. The highest BCUT2D eigenvalue weighted by Crippen LogP contribution is 2.55. The van der Waals surface area contributed by atoms with E-state index in [1.165, 1.54) is 5.56 Å². The number of fused-ring (bicyclic) bond motifs is 4. The maximum Gasteiger partial charge on any atom is 0.226 e. The Kier molecular flexibility index (Phi) is 4.48. The molecule has 2 bridgehead atoms. The molecule has 1 amide bonds. The fraction of sp³-hybridized carbons (Fsp3) is 0.667. The van der Waals surface area contributed by atoms with Gasteiger partial charge in [-0.05, 0) is 74.5 Å². The van der Waals surface area contributed by atoms with E-state index in [0.29, 0.717) is 17.7 Å². The number of benzene rings is 1. The molecule has 4 nitrogen and oxygen atoms in total. The summed E-state index contributed by atoms with van der Waals surface area (Å²) >= 11 is 0. The summed E-state index contributed by atoms with van der Waals surface area (Å²) in [4.78, 5) is 13.1. The fourth-order valence-electron chi connectivity index (χ4n) is 5.24. The second-order valence-electron chi connectivity index (χ2n) is 8.32. The van der Waals surface area contributed by atoms with Crippen molar-refractivity contribution in [2.24, 2.45) is 5.41 Å². The smallest absolute Gasteiger partial charge is 0.226 e. The number of hydrogen-bond donors (Lipinski definition) is 2. The Morgan fingerprint density at radius 1 is 1.00 bits per heavy atom. The van der Waals surface area contributed by atoms with Crippen LogP contribution < -0.4 is 5.32 Å². The number of amides is 1. The van der Waals surface area contributed by atoms with Crippen molar-refractivity contribution in [3.63, 3.8) is 0 Å². The predicted octanol–water partition coefficient (Wildman–Crippen LogP) is 3.67. The van der Waals surface area contributed by atoms with Crippen molar-refractivity contribution in [1.29, 1.82) is 0 Å². The minimum absolute atomic E-state index is 0.158. The third kappa shape index (κ3) is 3.17. The third-order valence-corrected chi connectivity index (χ3v) is 6.99. The van der Waals surface area contributed by atoms with Crippen LogP contribution >= 0.6 is 0 Å². The normalized spacial score (nSPS) is 33.0. The summed E-state index contributed by atoms with van der Waals surface area (Å²) in [7, 11) is 0. The Balaban J connectivity index is 1.48. The van der Waals surface area contributed by atoms with Crippen molar-refractivity contribution in [3.8, 4) is 5.75 Å². The first-order chi connectivity index (χ1) is 12.1. The molecule has 4 heteroatoms. The van der Waals surface area contributed by atoms with Crippen LogP contribution in [0.1, 0.15) is 63.4 Å². The molecule has 136 valence electrons.